The van der Waals surface area contributed by atoms with Gasteiger partial charge in [0.15, 0.2) is 0 Å². The summed E-state index contributed by atoms with van der Waals surface area (Å²) < 4.78 is 5.83. The molecule has 2 nitrogen and oxygen atoms in total. The van der Waals surface area contributed by atoms with Gasteiger partial charge in [-0.25, -0.2) is 0 Å². The summed E-state index contributed by atoms with van der Waals surface area (Å²) in [5, 5.41) is 3.44. The number of nitrogens with one attached hydrogen (secondary N) is 1. The molecule has 0 aliphatic heterocycles. The molecule has 1 aromatic carbocycles. The largest absolute Gasteiger partial charge is 0.494 e. The van der Waals surface area contributed by atoms with E-state index in [4.69, 9.17) is 4.74 Å². The summed E-state index contributed by atoms with van der Waals surface area (Å²) in [6.07, 6.45) is 6.22. The molecule has 0 amide bonds. The van der Waals surface area contributed by atoms with Gasteiger partial charge in [-0.2, -0.15) is 0 Å². The zero-order valence-electron chi connectivity index (χ0n) is 13.5. The van der Waals surface area contributed by atoms with Gasteiger partial charge in [-0.05, 0) is 56.0 Å². The second kappa shape index (κ2) is 10.7. The number of unbranched alkanes of at least 4 members (excludes halogenated alkanes) is 3. The maximum absolute atomic E-state index is 5.83. The van der Waals surface area contributed by atoms with Crippen LogP contribution < -0.4 is 10.1 Å². The minimum Gasteiger partial charge on any atom is -0.494 e. The third-order valence-corrected chi connectivity index (χ3v) is 3.47. The Morgan fingerprint density at radius 3 is 2.60 bits per heavy atom. The minimum absolute atomic E-state index is 0.564. The highest BCUT2D eigenvalue weighted by Gasteiger charge is 2.00. The Bertz CT molecular complexity index is 349. The third kappa shape index (κ3) is 7.54. The molecule has 114 valence electrons. The van der Waals surface area contributed by atoms with Crippen LogP contribution in [0.2, 0.25) is 0 Å². The quantitative estimate of drug-likeness (QED) is 0.589. The van der Waals surface area contributed by atoms with Crippen LogP contribution in [0, 0.1) is 0 Å². The van der Waals surface area contributed by atoms with E-state index >= 15 is 0 Å². The van der Waals surface area contributed by atoms with Crippen LogP contribution in [0.4, 0.5) is 0 Å². The fourth-order valence-corrected chi connectivity index (χ4v) is 2.16. The lowest BCUT2D eigenvalue weighted by molar-refractivity contribution is 0.304. The molecule has 0 aliphatic carbocycles. The molecular weight excluding hydrogens is 246 g/mol. The Balaban J connectivity index is 2.05. The normalized spacial score (nSPS) is 11.0. The van der Waals surface area contributed by atoms with Crippen molar-refractivity contribution in [3.05, 3.63) is 29.8 Å². The van der Waals surface area contributed by atoms with E-state index in [1.807, 2.05) is 0 Å². The molecule has 0 radical (unpaired) electrons. The molecule has 2 heteroatoms. The lowest BCUT2D eigenvalue weighted by atomic mass is 10.0. The van der Waals surface area contributed by atoms with Gasteiger partial charge in [-0.3, -0.25) is 0 Å². The van der Waals surface area contributed by atoms with Crippen molar-refractivity contribution in [1.29, 1.82) is 0 Å². The van der Waals surface area contributed by atoms with Crippen molar-refractivity contribution < 1.29 is 4.74 Å². The fourth-order valence-electron chi connectivity index (χ4n) is 2.16. The maximum Gasteiger partial charge on any atom is 0.119 e. The number of rotatable bonds is 11. The van der Waals surface area contributed by atoms with Crippen LogP contribution in [-0.2, 0) is 0 Å². The molecule has 0 spiro atoms. The second-order valence-corrected chi connectivity index (χ2v) is 5.74. The molecule has 0 aromatic heterocycles. The Kier molecular flexibility index (Phi) is 9.14. The van der Waals surface area contributed by atoms with Gasteiger partial charge in [-0.1, -0.05) is 45.7 Å². The first-order chi connectivity index (χ1) is 9.74. The summed E-state index contributed by atoms with van der Waals surface area (Å²) in [7, 11) is 0. The van der Waals surface area contributed by atoms with E-state index in [9.17, 15) is 0 Å². The van der Waals surface area contributed by atoms with Crippen LogP contribution in [0.15, 0.2) is 24.3 Å². The molecule has 0 bridgehead atoms. The van der Waals surface area contributed by atoms with Crippen molar-refractivity contribution in [2.45, 2.75) is 58.8 Å². The SMILES string of the molecule is CCCNCCCCCCOc1cccc(C(C)C)c1. The van der Waals surface area contributed by atoms with Crippen LogP contribution >= 0.6 is 0 Å². The highest BCUT2D eigenvalue weighted by Crippen LogP contribution is 2.20. The Hall–Kier alpha value is -1.02. The summed E-state index contributed by atoms with van der Waals surface area (Å²) in [6, 6.07) is 8.48. The van der Waals surface area contributed by atoms with E-state index in [0.29, 0.717) is 5.92 Å². The van der Waals surface area contributed by atoms with Crippen LogP contribution in [0.3, 0.4) is 0 Å². The summed E-state index contributed by atoms with van der Waals surface area (Å²) >= 11 is 0. The number of benzene rings is 1. The highest BCUT2D eigenvalue weighted by atomic mass is 16.5. The molecule has 0 heterocycles. The van der Waals surface area contributed by atoms with Crippen molar-refractivity contribution in [2.24, 2.45) is 0 Å². The molecular formula is C18H31NO. The molecule has 0 unspecified atom stereocenters. The second-order valence-electron chi connectivity index (χ2n) is 5.74. The van der Waals surface area contributed by atoms with Gasteiger partial charge in [-0.15, -0.1) is 0 Å². The van der Waals surface area contributed by atoms with Crippen LogP contribution in [0.5, 0.6) is 5.75 Å². The molecule has 1 rings (SSSR count). The highest BCUT2D eigenvalue weighted by molar-refractivity contribution is 5.30. The average molecular weight is 277 g/mol. The van der Waals surface area contributed by atoms with Crippen molar-refractivity contribution in [2.75, 3.05) is 19.7 Å². The van der Waals surface area contributed by atoms with Crippen molar-refractivity contribution in [3.8, 4) is 5.75 Å². The summed E-state index contributed by atoms with van der Waals surface area (Å²) in [6.45, 7) is 9.78. The van der Waals surface area contributed by atoms with E-state index in [-0.39, 0.29) is 0 Å². The maximum atomic E-state index is 5.83. The molecule has 1 aromatic rings. The molecule has 0 saturated carbocycles. The minimum atomic E-state index is 0.564. The van der Waals surface area contributed by atoms with E-state index in [1.165, 1.54) is 31.2 Å². The zero-order valence-corrected chi connectivity index (χ0v) is 13.5. The fraction of sp³-hybridized carbons (Fsp3) is 0.667. The molecule has 20 heavy (non-hydrogen) atoms. The monoisotopic (exact) mass is 277 g/mol. The predicted molar refractivity (Wildman–Crippen MR) is 87.7 cm³/mol. The zero-order chi connectivity index (χ0) is 14.6. The Morgan fingerprint density at radius 1 is 1.05 bits per heavy atom. The predicted octanol–water partition coefficient (Wildman–Crippen LogP) is 4.75. The van der Waals surface area contributed by atoms with Gasteiger partial charge >= 0.3 is 0 Å². The van der Waals surface area contributed by atoms with Gasteiger partial charge in [0.2, 0.25) is 0 Å². The smallest absolute Gasteiger partial charge is 0.119 e. The first-order valence-electron chi connectivity index (χ1n) is 8.17. The molecule has 1 N–H and O–H groups in total. The lowest BCUT2D eigenvalue weighted by Gasteiger charge is -2.10. The van der Waals surface area contributed by atoms with Crippen LogP contribution in [-0.4, -0.2) is 19.7 Å². The number of ether oxygens (including phenoxy) is 1. The first-order valence-corrected chi connectivity index (χ1v) is 8.17. The standard InChI is InChI=1S/C18H31NO/c1-4-12-19-13-7-5-6-8-14-20-18-11-9-10-17(15-18)16(2)3/h9-11,15-16,19H,4-8,12-14H2,1-3H3. The van der Waals surface area contributed by atoms with Crippen molar-refractivity contribution in [3.63, 3.8) is 0 Å². The topological polar surface area (TPSA) is 21.3 Å². The number of hydrogen-bond donors (Lipinski definition) is 1. The summed E-state index contributed by atoms with van der Waals surface area (Å²) in [5.41, 5.74) is 1.35. The van der Waals surface area contributed by atoms with Crippen LogP contribution in [0.25, 0.3) is 0 Å². The van der Waals surface area contributed by atoms with E-state index in [1.54, 1.807) is 0 Å². The molecule has 0 aliphatic rings. The van der Waals surface area contributed by atoms with E-state index in [2.05, 4.69) is 50.4 Å². The van der Waals surface area contributed by atoms with Gasteiger partial charge in [0, 0.05) is 0 Å². The third-order valence-electron chi connectivity index (χ3n) is 3.47. The van der Waals surface area contributed by atoms with E-state index < -0.39 is 0 Å². The number of hydrogen-bond acceptors (Lipinski definition) is 2. The Labute approximate surface area is 124 Å². The lowest BCUT2D eigenvalue weighted by Crippen LogP contribution is -2.15. The van der Waals surface area contributed by atoms with E-state index in [0.717, 1.165) is 31.9 Å². The van der Waals surface area contributed by atoms with Gasteiger partial charge < -0.3 is 10.1 Å². The molecule has 0 saturated heterocycles. The molecule has 0 fully saturated rings. The molecule has 0 atom stereocenters. The van der Waals surface area contributed by atoms with Gasteiger partial charge in [0.1, 0.15) is 5.75 Å². The summed E-state index contributed by atoms with van der Waals surface area (Å²) in [4.78, 5) is 0. The van der Waals surface area contributed by atoms with Crippen LogP contribution in [0.1, 0.15) is 64.4 Å². The van der Waals surface area contributed by atoms with Gasteiger partial charge in [0.25, 0.3) is 0 Å². The van der Waals surface area contributed by atoms with Crippen molar-refractivity contribution >= 4 is 0 Å². The van der Waals surface area contributed by atoms with Crippen molar-refractivity contribution in [1.82, 2.24) is 5.32 Å². The first kappa shape index (κ1) is 17.0. The summed E-state index contributed by atoms with van der Waals surface area (Å²) in [5.74, 6) is 1.58. The van der Waals surface area contributed by atoms with Gasteiger partial charge in [0.05, 0.1) is 6.61 Å². The Morgan fingerprint density at radius 2 is 1.85 bits per heavy atom. The average Bonchev–Trinajstić information content (AvgIpc) is 2.46.